The Morgan fingerprint density at radius 3 is 2.33 bits per heavy atom. The summed E-state index contributed by atoms with van der Waals surface area (Å²) in [5.41, 5.74) is 2.50. The Morgan fingerprint density at radius 2 is 1.78 bits per heavy atom. The smallest absolute Gasteiger partial charge is 0.159 e. The van der Waals surface area contributed by atoms with E-state index in [1.54, 1.807) is 19.3 Å². The van der Waals surface area contributed by atoms with E-state index < -0.39 is 11.6 Å². The number of nitrogens with zero attached hydrogens (tertiary/aromatic N) is 1. The number of aromatic nitrogens is 1. The summed E-state index contributed by atoms with van der Waals surface area (Å²) in [6.45, 7) is 1.90. The minimum Gasteiger partial charge on any atom is -0.309 e. The van der Waals surface area contributed by atoms with E-state index >= 15 is 0 Å². The van der Waals surface area contributed by atoms with Gasteiger partial charge in [-0.15, -0.1) is 0 Å². The minimum atomic E-state index is -0.840. The SMILES string of the molecule is CNC(c1ccc(C)nc1)c1ccc(F)c(F)c1. The third kappa shape index (κ3) is 2.54. The van der Waals surface area contributed by atoms with Crippen molar-refractivity contribution in [3.05, 3.63) is 65.0 Å². The highest BCUT2D eigenvalue weighted by molar-refractivity contribution is 5.31. The molecule has 18 heavy (non-hydrogen) atoms. The first-order chi connectivity index (χ1) is 8.61. The van der Waals surface area contributed by atoms with Crippen molar-refractivity contribution in [2.45, 2.75) is 13.0 Å². The zero-order valence-corrected chi connectivity index (χ0v) is 10.2. The lowest BCUT2D eigenvalue weighted by Gasteiger charge is -2.17. The monoisotopic (exact) mass is 248 g/mol. The highest BCUT2D eigenvalue weighted by Gasteiger charge is 2.14. The van der Waals surface area contributed by atoms with Gasteiger partial charge in [-0.2, -0.15) is 0 Å². The lowest BCUT2D eigenvalue weighted by molar-refractivity contribution is 0.505. The van der Waals surface area contributed by atoms with Gasteiger partial charge in [-0.3, -0.25) is 4.98 Å². The van der Waals surface area contributed by atoms with Gasteiger partial charge in [0.2, 0.25) is 0 Å². The Hall–Kier alpha value is -1.81. The van der Waals surface area contributed by atoms with E-state index in [1.807, 2.05) is 19.1 Å². The summed E-state index contributed by atoms with van der Waals surface area (Å²) < 4.78 is 26.2. The molecule has 1 unspecified atom stereocenters. The quantitative estimate of drug-likeness (QED) is 0.903. The predicted molar refractivity (Wildman–Crippen MR) is 66.2 cm³/mol. The van der Waals surface area contributed by atoms with Crippen LogP contribution in [0.2, 0.25) is 0 Å². The van der Waals surface area contributed by atoms with E-state index in [0.717, 1.165) is 17.3 Å². The number of benzene rings is 1. The Morgan fingerprint density at radius 1 is 1.06 bits per heavy atom. The molecule has 2 nitrogen and oxygen atoms in total. The summed E-state index contributed by atoms with van der Waals surface area (Å²) in [7, 11) is 1.77. The molecule has 0 saturated carbocycles. The van der Waals surface area contributed by atoms with Crippen LogP contribution in [0.25, 0.3) is 0 Å². The summed E-state index contributed by atoms with van der Waals surface area (Å²) in [5.74, 6) is -1.68. The van der Waals surface area contributed by atoms with Crippen molar-refractivity contribution in [1.82, 2.24) is 10.3 Å². The van der Waals surface area contributed by atoms with Gasteiger partial charge in [-0.25, -0.2) is 8.78 Å². The fraction of sp³-hybridized carbons (Fsp3) is 0.214. The molecule has 0 amide bonds. The van der Waals surface area contributed by atoms with Gasteiger partial charge in [0.25, 0.3) is 0 Å². The Balaban J connectivity index is 2.38. The molecule has 1 aromatic carbocycles. The topological polar surface area (TPSA) is 24.9 Å². The molecule has 4 heteroatoms. The van der Waals surface area contributed by atoms with Crippen molar-refractivity contribution in [3.63, 3.8) is 0 Å². The first-order valence-electron chi connectivity index (χ1n) is 5.66. The van der Waals surface area contributed by atoms with Crippen LogP contribution in [-0.4, -0.2) is 12.0 Å². The zero-order valence-electron chi connectivity index (χ0n) is 10.2. The minimum absolute atomic E-state index is 0.201. The fourth-order valence-corrected chi connectivity index (χ4v) is 1.87. The number of hydrogen-bond acceptors (Lipinski definition) is 2. The summed E-state index contributed by atoms with van der Waals surface area (Å²) in [4.78, 5) is 4.21. The Kier molecular flexibility index (Phi) is 3.67. The van der Waals surface area contributed by atoms with Crippen LogP contribution in [0.4, 0.5) is 8.78 Å². The van der Waals surface area contributed by atoms with Gasteiger partial charge >= 0.3 is 0 Å². The van der Waals surface area contributed by atoms with Crippen LogP contribution in [0, 0.1) is 18.6 Å². The second-order valence-electron chi connectivity index (χ2n) is 4.13. The van der Waals surface area contributed by atoms with Crippen molar-refractivity contribution >= 4 is 0 Å². The van der Waals surface area contributed by atoms with Crippen LogP contribution in [0.3, 0.4) is 0 Å². The van der Waals surface area contributed by atoms with E-state index in [1.165, 1.54) is 6.07 Å². The first-order valence-corrected chi connectivity index (χ1v) is 5.66. The number of halogens is 2. The third-order valence-electron chi connectivity index (χ3n) is 2.83. The van der Waals surface area contributed by atoms with Gasteiger partial charge in [-0.1, -0.05) is 12.1 Å². The molecular weight excluding hydrogens is 234 g/mol. The number of aryl methyl sites for hydroxylation is 1. The lowest BCUT2D eigenvalue weighted by Crippen LogP contribution is -2.18. The predicted octanol–water partition coefficient (Wildman–Crippen LogP) is 2.98. The molecule has 0 radical (unpaired) electrons. The molecule has 1 atom stereocenters. The van der Waals surface area contributed by atoms with E-state index in [9.17, 15) is 8.78 Å². The van der Waals surface area contributed by atoms with Crippen molar-refractivity contribution < 1.29 is 8.78 Å². The standard InChI is InChI=1S/C14H14F2N2/c1-9-3-4-11(8-18-9)14(17-2)10-5-6-12(15)13(16)7-10/h3-8,14,17H,1-2H3. The summed E-state index contributed by atoms with van der Waals surface area (Å²) >= 11 is 0. The van der Waals surface area contributed by atoms with Crippen LogP contribution in [-0.2, 0) is 0 Å². The van der Waals surface area contributed by atoms with Gasteiger partial charge in [0.05, 0.1) is 6.04 Å². The van der Waals surface area contributed by atoms with E-state index in [0.29, 0.717) is 5.56 Å². The van der Waals surface area contributed by atoms with Crippen LogP contribution in [0.1, 0.15) is 22.9 Å². The Labute approximate surface area is 105 Å². The molecule has 1 heterocycles. The Bertz CT molecular complexity index is 538. The third-order valence-corrected chi connectivity index (χ3v) is 2.83. The molecule has 1 aromatic heterocycles. The van der Waals surface area contributed by atoms with Gasteiger partial charge in [0.15, 0.2) is 11.6 Å². The maximum absolute atomic E-state index is 13.2. The second-order valence-corrected chi connectivity index (χ2v) is 4.13. The number of hydrogen-bond donors (Lipinski definition) is 1. The number of rotatable bonds is 3. The number of nitrogens with one attached hydrogen (secondary N) is 1. The van der Waals surface area contributed by atoms with Crippen molar-refractivity contribution in [2.24, 2.45) is 0 Å². The summed E-state index contributed by atoms with van der Waals surface area (Å²) in [6, 6.07) is 7.52. The van der Waals surface area contributed by atoms with Gasteiger partial charge in [0, 0.05) is 11.9 Å². The van der Waals surface area contributed by atoms with Crippen LogP contribution in [0.5, 0.6) is 0 Å². The average molecular weight is 248 g/mol. The molecule has 0 fully saturated rings. The second kappa shape index (κ2) is 5.23. The van der Waals surface area contributed by atoms with Gasteiger partial charge in [0.1, 0.15) is 0 Å². The molecule has 0 bridgehead atoms. The molecule has 1 N–H and O–H groups in total. The molecule has 0 saturated heterocycles. The van der Waals surface area contributed by atoms with E-state index in [-0.39, 0.29) is 6.04 Å². The van der Waals surface area contributed by atoms with Crippen molar-refractivity contribution in [1.29, 1.82) is 0 Å². The molecule has 0 aliphatic rings. The van der Waals surface area contributed by atoms with Crippen LogP contribution >= 0.6 is 0 Å². The lowest BCUT2D eigenvalue weighted by atomic mass is 10.00. The molecule has 2 aromatic rings. The molecule has 0 aliphatic heterocycles. The highest BCUT2D eigenvalue weighted by atomic mass is 19.2. The maximum atomic E-state index is 13.2. The maximum Gasteiger partial charge on any atom is 0.159 e. The van der Waals surface area contributed by atoms with E-state index in [4.69, 9.17) is 0 Å². The van der Waals surface area contributed by atoms with Gasteiger partial charge < -0.3 is 5.32 Å². The average Bonchev–Trinajstić information content (AvgIpc) is 2.37. The van der Waals surface area contributed by atoms with Crippen LogP contribution < -0.4 is 5.32 Å². The fourth-order valence-electron chi connectivity index (χ4n) is 1.87. The summed E-state index contributed by atoms with van der Waals surface area (Å²) in [5, 5.41) is 3.07. The van der Waals surface area contributed by atoms with Crippen molar-refractivity contribution in [2.75, 3.05) is 7.05 Å². The molecule has 2 rings (SSSR count). The highest BCUT2D eigenvalue weighted by Crippen LogP contribution is 2.22. The normalized spacial score (nSPS) is 12.4. The molecule has 0 spiro atoms. The first kappa shape index (κ1) is 12.6. The molecule has 94 valence electrons. The largest absolute Gasteiger partial charge is 0.309 e. The zero-order chi connectivity index (χ0) is 13.1. The molecule has 0 aliphatic carbocycles. The summed E-state index contributed by atoms with van der Waals surface area (Å²) in [6.07, 6.45) is 1.73. The van der Waals surface area contributed by atoms with Gasteiger partial charge in [-0.05, 0) is 43.3 Å². The van der Waals surface area contributed by atoms with Crippen LogP contribution in [0.15, 0.2) is 36.5 Å². The van der Waals surface area contributed by atoms with Crippen molar-refractivity contribution in [3.8, 4) is 0 Å². The number of pyridine rings is 1. The molecular formula is C14H14F2N2. The van der Waals surface area contributed by atoms with E-state index in [2.05, 4.69) is 10.3 Å².